The number of carbonyl (C=O) groups is 1. The molecule has 3 rings (SSSR count). The smallest absolute Gasteiger partial charge is 0.270 e. The summed E-state index contributed by atoms with van der Waals surface area (Å²) in [6, 6.07) is 13.0. The highest BCUT2D eigenvalue weighted by atomic mass is 19.1. The van der Waals surface area contributed by atoms with Crippen LogP contribution >= 0.6 is 0 Å². The molecule has 2 aromatic carbocycles. The molecule has 1 amide bonds. The summed E-state index contributed by atoms with van der Waals surface area (Å²) in [5.74, 6) is 0.631. The highest BCUT2D eigenvalue weighted by Crippen LogP contribution is 2.33. The molecule has 0 aliphatic rings. The summed E-state index contributed by atoms with van der Waals surface area (Å²) in [6.45, 7) is 9.35. The molecule has 0 aliphatic heterocycles. The maximum absolute atomic E-state index is 13.6. The second kappa shape index (κ2) is 12.4. The van der Waals surface area contributed by atoms with Crippen molar-refractivity contribution in [3.05, 3.63) is 60.0 Å². The zero-order chi connectivity index (χ0) is 25.4. The van der Waals surface area contributed by atoms with Gasteiger partial charge in [0, 0.05) is 17.7 Å². The molecule has 0 spiro atoms. The highest BCUT2D eigenvalue weighted by Gasteiger charge is 2.21. The molecule has 7 nitrogen and oxygen atoms in total. The Kier molecular flexibility index (Phi) is 9.25. The minimum Gasteiger partial charge on any atom is -0.497 e. The Morgan fingerprint density at radius 1 is 1.09 bits per heavy atom. The van der Waals surface area contributed by atoms with Crippen LogP contribution in [0.2, 0.25) is 0 Å². The summed E-state index contributed by atoms with van der Waals surface area (Å²) in [5.41, 5.74) is 2.23. The minimum atomic E-state index is -0.356. The average Bonchev–Trinajstić information content (AvgIpc) is 3.32. The SMILES string of the molecule is CCN(CC)CCCC(C)NC(=O)c1cc(-c2ccc(OC)cc2OC)nn1-c1ccc(F)cc1. The first-order valence-corrected chi connectivity index (χ1v) is 12.0. The first-order valence-electron chi connectivity index (χ1n) is 12.0. The van der Waals surface area contributed by atoms with Gasteiger partial charge in [-0.1, -0.05) is 13.8 Å². The third-order valence-electron chi connectivity index (χ3n) is 6.08. The van der Waals surface area contributed by atoms with Crippen molar-refractivity contribution in [1.29, 1.82) is 0 Å². The first kappa shape index (κ1) is 26.2. The molecule has 1 unspecified atom stereocenters. The van der Waals surface area contributed by atoms with Crippen LogP contribution in [-0.2, 0) is 0 Å². The molecule has 188 valence electrons. The van der Waals surface area contributed by atoms with Crippen LogP contribution in [0.5, 0.6) is 11.5 Å². The van der Waals surface area contributed by atoms with Gasteiger partial charge in [-0.15, -0.1) is 0 Å². The predicted octanol–water partition coefficient (Wildman–Crippen LogP) is 4.94. The maximum atomic E-state index is 13.6. The number of rotatable bonds is 12. The molecule has 1 N–H and O–H groups in total. The van der Waals surface area contributed by atoms with Gasteiger partial charge in [-0.2, -0.15) is 5.10 Å². The number of ether oxygens (including phenoxy) is 2. The van der Waals surface area contributed by atoms with Gasteiger partial charge in [0.05, 0.1) is 25.6 Å². The Bertz CT molecular complexity index is 1110. The summed E-state index contributed by atoms with van der Waals surface area (Å²) in [5, 5.41) is 7.78. The van der Waals surface area contributed by atoms with Crippen molar-refractivity contribution < 1.29 is 18.7 Å². The second-order valence-corrected chi connectivity index (χ2v) is 8.41. The van der Waals surface area contributed by atoms with Crippen LogP contribution in [0.4, 0.5) is 4.39 Å². The van der Waals surface area contributed by atoms with Gasteiger partial charge < -0.3 is 19.7 Å². The van der Waals surface area contributed by atoms with Crippen LogP contribution in [-0.4, -0.2) is 60.5 Å². The van der Waals surface area contributed by atoms with E-state index in [1.807, 2.05) is 19.1 Å². The maximum Gasteiger partial charge on any atom is 0.270 e. The van der Waals surface area contributed by atoms with E-state index < -0.39 is 0 Å². The van der Waals surface area contributed by atoms with Gasteiger partial charge >= 0.3 is 0 Å². The molecule has 1 aromatic heterocycles. The fourth-order valence-corrected chi connectivity index (χ4v) is 3.99. The van der Waals surface area contributed by atoms with Gasteiger partial charge in [0.25, 0.3) is 5.91 Å². The molecular weight excluding hydrogens is 447 g/mol. The predicted molar refractivity (Wildman–Crippen MR) is 136 cm³/mol. The average molecular weight is 483 g/mol. The standard InChI is InChI=1S/C27H35FN4O3/c1-6-31(7-2)16-8-9-19(3)29-27(33)25-18-24(23-15-14-22(34-4)17-26(23)35-5)30-32(25)21-12-10-20(28)11-13-21/h10-15,17-19H,6-9,16H2,1-5H3,(H,29,33). The van der Waals surface area contributed by atoms with Crippen molar-refractivity contribution in [2.24, 2.45) is 0 Å². The zero-order valence-corrected chi connectivity index (χ0v) is 21.2. The van der Waals surface area contributed by atoms with E-state index in [1.54, 1.807) is 38.5 Å². The molecule has 1 heterocycles. The van der Waals surface area contributed by atoms with Gasteiger partial charge in [0.2, 0.25) is 0 Å². The van der Waals surface area contributed by atoms with Gasteiger partial charge in [0.1, 0.15) is 23.0 Å². The van der Waals surface area contributed by atoms with Crippen molar-refractivity contribution in [3.63, 3.8) is 0 Å². The molecular formula is C27H35FN4O3. The normalized spacial score (nSPS) is 12.0. The molecule has 3 aromatic rings. The number of methoxy groups -OCH3 is 2. The number of carbonyl (C=O) groups excluding carboxylic acids is 1. The Morgan fingerprint density at radius 2 is 1.80 bits per heavy atom. The zero-order valence-electron chi connectivity index (χ0n) is 21.2. The van der Waals surface area contributed by atoms with Crippen molar-refractivity contribution >= 4 is 5.91 Å². The Hall–Kier alpha value is -3.39. The van der Waals surface area contributed by atoms with Crippen molar-refractivity contribution in [2.45, 2.75) is 39.7 Å². The largest absolute Gasteiger partial charge is 0.497 e. The number of nitrogens with one attached hydrogen (secondary N) is 1. The van der Waals surface area contributed by atoms with Gasteiger partial charge in [-0.3, -0.25) is 4.79 Å². The van der Waals surface area contributed by atoms with Crippen LogP contribution in [0, 0.1) is 5.82 Å². The van der Waals surface area contributed by atoms with E-state index >= 15 is 0 Å². The molecule has 0 saturated heterocycles. The minimum absolute atomic E-state index is 0.00592. The molecule has 0 saturated carbocycles. The molecule has 0 bridgehead atoms. The molecule has 8 heteroatoms. The number of halogens is 1. The third-order valence-corrected chi connectivity index (χ3v) is 6.08. The third kappa shape index (κ3) is 6.60. The van der Waals surface area contributed by atoms with Crippen molar-refractivity contribution in [2.75, 3.05) is 33.9 Å². The summed E-state index contributed by atoms with van der Waals surface area (Å²) in [4.78, 5) is 15.7. The van der Waals surface area contributed by atoms with Crippen molar-refractivity contribution in [1.82, 2.24) is 20.0 Å². The highest BCUT2D eigenvalue weighted by molar-refractivity contribution is 5.94. The lowest BCUT2D eigenvalue weighted by Gasteiger charge is -2.20. The number of hydrogen-bond acceptors (Lipinski definition) is 5. The molecule has 0 fully saturated rings. The van der Waals surface area contributed by atoms with E-state index in [9.17, 15) is 9.18 Å². The summed E-state index contributed by atoms with van der Waals surface area (Å²) >= 11 is 0. The van der Waals surface area contributed by atoms with Crippen LogP contribution in [0.1, 0.15) is 44.1 Å². The summed E-state index contributed by atoms with van der Waals surface area (Å²) in [6.07, 6.45) is 1.86. The lowest BCUT2D eigenvalue weighted by atomic mass is 10.1. The molecule has 35 heavy (non-hydrogen) atoms. The number of hydrogen-bond donors (Lipinski definition) is 1. The van der Waals surface area contributed by atoms with Crippen molar-refractivity contribution in [3.8, 4) is 28.4 Å². The van der Waals surface area contributed by atoms with Gasteiger partial charge in [0.15, 0.2) is 0 Å². The van der Waals surface area contributed by atoms with Crippen LogP contribution in [0.15, 0.2) is 48.5 Å². The Morgan fingerprint density at radius 3 is 2.43 bits per heavy atom. The van der Waals surface area contributed by atoms with E-state index in [2.05, 4.69) is 29.2 Å². The first-order chi connectivity index (χ1) is 16.9. The monoisotopic (exact) mass is 482 g/mol. The van der Waals surface area contributed by atoms with Crippen LogP contribution in [0.3, 0.4) is 0 Å². The van der Waals surface area contributed by atoms with E-state index in [0.717, 1.165) is 38.0 Å². The fraction of sp³-hybridized carbons (Fsp3) is 0.407. The van der Waals surface area contributed by atoms with E-state index in [4.69, 9.17) is 9.47 Å². The van der Waals surface area contributed by atoms with Gasteiger partial charge in [-0.25, -0.2) is 9.07 Å². The number of benzene rings is 2. The molecule has 1 atom stereocenters. The lowest BCUT2D eigenvalue weighted by molar-refractivity contribution is 0.0929. The van der Waals surface area contributed by atoms with Crippen LogP contribution in [0.25, 0.3) is 16.9 Å². The Labute approximate surface area is 206 Å². The number of aromatic nitrogens is 2. The molecule has 0 aliphatic carbocycles. The topological polar surface area (TPSA) is 68.6 Å². The van der Waals surface area contributed by atoms with E-state index in [0.29, 0.717) is 28.6 Å². The van der Waals surface area contributed by atoms with Crippen LogP contribution < -0.4 is 14.8 Å². The van der Waals surface area contributed by atoms with E-state index in [1.165, 1.54) is 16.8 Å². The lowest BCUT2D eigenvalue weighted by Crippen LogP contribution is -2.34. The van der Waals surface area contributed by atoms with E-state index in [-0.39, 0.29) is 17.8 Å². The Balaban J connectivity index is 1.89. The van der Waals surface area contributed by atoms with Gasteiger partial charge in [-0.05, 0) is 81.9 Å². The second-order valence-electron chi connectivity index (χ2n) is 8.41. The number of nitrogens with zero attached hydrogens (tertiary/aromatic N) is 3. The quantitative estimate of drug-likeness (QED) is 0.396. The molecule has 0 radical (unpaired) electrons. The number of amides is 1. The summed E-state index contributed by atoms with van der Waals surface area (Å²) in [7, 11) is 3.16. The fourth-order valence-electron chi connectivity index (χ4n) is 3.99. The summed E-state index contributed by atoms with van der Waals surface area (Å²) < 4.78 is 25.9.